The van der Waals surface area contributed by atoms with Crippen molar-refractivity contribution in [2.24, 2.45) is 0 Å². The zero-order valence-electron chi connectivity index (χ0n) is 6.25. The summed E-state index contributed by atoms with van der Waals surface area (Å²) in [6.07, 6.45) is 0.456. The first-order valence-electron chi connectivity index (χ1n) is 3.38. The van der Waals surface area contributed by atoms with Crippen molar-refractivity contribution in [3.05, 3.63) is 5.82 Å². The molecule has 0 spiro atoms. The summed E-state index contributed by atoms with van der Waals surface area (Å²) in [5, 5.41) is 16.3. The Hall–Kier alpha value is -0.980. The van der Waals surface area contributed by atoms with Crippen molar-refractivity contribution < 1.29 is 4.79 Å². The fraction of sp³-hybridized carbons (Fsp3) is 0.600. The van der Waals surface area contributed by atoms with Crippen LogP contribution in [0.15, 0.2) is 0 Å². The van der Waals surface area contributed by atoms with E-state index in [9.17, 15) is 4.79 Å². The summed E-state index contributed by atoms with van der Waals surface area (Å²) >= 11 is 3.16. The number of nitrogens with one attached hydrogen (secondary N) is 2. The first-order chi connectivity index (χ1) is 5.83. The minimum Gasteiger partial charge on any atom is -0.349 e. The second kappa shape index (κ2) is 4.81. The Balaban J connectivity index is 2.22. The summed E-state index contributed by atoms with van der Waals surface area (Å²) in [6.45, 7) is 0.322. The molecule has 1 amide bonds. The highest BCUT2D eigenvalue weighted by Crippen LogP contribution is 1.88. The van der Waals surface area contributed by atoms with Gasteiger partial charge in [0.05, 0.1) is 6.54 Å². The lowest BCUT2D eigenvalue weighted by Crippen LogP contribution is -2.23. The van der Waals surface area contributed by atoms with Crippen LogP contribution in [0.25, 0.3) is 0 Å². The van der Waals surface area contributed by atoms with Gasteiger partial charge in [-0.3, -0.25) is 4.79 Å². The molecule has 0 aliphatic heterocycles. The zero-order chi connectivity index (χ0) is 8.81. The average molecular weight is 234 g/mol. The van der Waals surface area contributed by atoms with E-state index < -0.39 is 0 Å². The molecule has 12 heavy (non-hydrogen) atoms. The molecular formula is C5H8BrN5O. The van der Waals surface area contributed by atoms with Crippen LogP contribution in [0.1, 0.15) is 12.2 Å². The van der Waals surface area contributed by atoms with Gasteiger partial charge in [0, 0.05) is 11.8 Å². The Morgan fingerprint density at radius 3 is 3.08 bits per heavy atom. The molecule has 0 radical (unpaired) electrons. The highest BCUT2D eigenvalue weighted by Gasteiger charge is 2.01. The zero-order valence-corrected chi connectivity index (χ0v) is 7.84. The van der Waals surface area contributed by atoms with E-state index in [1.165, 1.54) is 0 Å². The number of alkyl halides is 1. The molecule has 1 heterocycles. The van der Waals surface area contributed by atoms with E-state index in [0.717, 1.165) is 0 Å². The predicted octanol–water partition coefficient (Wildman–Crippen LogP) is -0.399. The Kier molecular flexibility index (Phi) is 3.65. The first kappa shape index (κ1) is 9.11. The lowest BCUT2D eigenvalue weighted by Gasteiger charge is -1.98. The number of hydrogen-bond acceptors (Lipinski definition) is 4. The lowest BCUT2D eigenvalue weighted by atomic mass is 10.4. The van der Waals surface area contributed by atoms with E-state index in [1.54, 1.807) is 0 Å². The van der Waals surface area contributed by atoms with Crippen molar-refractivity contribution in [2.45, 2.75) is 13.0 Å². The Morgan fingerprint density at radius 2 is 2.50 bits per heavy atom. The SMILES string of the molecule is O=C(CCBr)NCc1nn[nH]n1. The number of tetrazole rings is 1. The molecule has 2 N–H and O–H groups in total. The van der Waals surface area contributed by atoms with Crippen LogP contribution in [0.2, 0.25) is 0 Å². The minimum absolute atomic E-state index is 0.0309. The van der Waals surface area contributed by atoms with Gasteiger partial charge in [0.15, 0.2) is 5.82 Å². The molecule has 7 heteroatoms. The lowest BCUT2D eigenvalue weighted by molar-refractivity contribution is -0.120. The smallest absolute Gasteiger partial charge is 0.221 e. The van der Waals surface area contributed by atoms with E-state index in [-0.39, 0.29) is 5.91 Å². The van der Waals surface area contributed by atoms with Gasteiger partial charge in [-0.05, 0) is 0 Å². The molecule has 1 rings (SSSR count). The van der Waals surface area contributed by atoms with Crippen molar-refractivity contribution in [1.29, 1.82) is 0 Å². The molecule has 0 aliphatic carbocycles. The number of hydrogen-bond donors (Lipinski definition) is 2. The molecule has 0 fully saturated rings. The highest BCUT2D eigenvalue weighted by atomic mass is 79.9. The maximum atomic E-state index is 10.9. The van der Waals surface area contributed by atoms with Crippen molar-refractivity contribution >= 4 is 21.8 Å². The summed E-state index contributed by atoms with van der Waals surface area (Å²) in [5.41, 5.74) is 0. The second-order valence-corrected chi connectivity index (χ2v) is 2.84. The number of nitrogens with zero attached hydrogens (tertiary/aromatic N) is 3. The maximum absolute atomic E-state index is 10.9. The quantitative estimate of drug-likeness (QED) is 0.694. The molecule has 0 saturated carbocycles. The van der Waals surface area contributed by atoms with Crippen LogP contribution in [0.3, 0.4) is 0 Å². The predicted molar refractivity (Wildman–Crippen MR) is 44.4 cm³/mol. The molecule has 0 aromatic carbocycles. The molecular weight excluding hydrogens is 226 g/mol. The Bertz CT molecular complexity index is 236. The van der Waals surface area contributed by atoms with Crippen molar-refractivity contribution in [2.75, 3.05) is 5.33 Å². The van der Waals surface area contributed by atoms with E-state index in [1.807, 2.05) is 0 Å². The van der Waals surface area contributed by atoms with Crippen LogP contribution in [-0.4, -0.2) is 31.9 Å². The molecule has 1 aromatic heterocycles. The fourth-order valence-corrected chi connectivity index (χ4v) is 0.969. The molecule has 0 unspecified atom stereocenters. The Labute approximate surface area is 77.2 Å². The molecule has 1 aromatic rings. The third-order valence-electron chi connectivity index (χ3n) is 1.15. The number of rotatable bonds is 4. The summed E-state index contributed by atoms with van der Waals surface area (Å²) in [7, 11) is 0. The number of aromatic nitrogens is 4. The normalized spacial score (nSPS) is 9.75. The van der Waals surface area contributed by atoms with E-state index in [0.29, 0.717) is 24.1 Å². The van der Waals surface area contributed by atoms with Crippen LogP contribution in [0, 0.1) is 0 Å². The van der Waals surface area contributed by atoms with Gasteiger partial charge in [0.1, 0.15) is 0 Å². The molecule has 0 atom stereocenters. The van der Waals surface area contributed by atoms with Crippen molar-refractivity contribution in [1.82, 2.24) is 25.9 Å². The number of aromatic amines is 1. The van der Waals surface area contributed by atoms with Gasteiger partial charge in [0.2, 0.25) is 5.91 Å². The van der Waals surface area contributed by atoms with Gasteiger partial charge in [-0.15, -0.1) is 10.2 Å². The largest absolute Gasteiger partial charge is 0.349 e. The van der Waals surface area contributed by atoms with E-state index in [4.69, 9.17) is 0 Å². The fourth-order valence-electron chi connectivity index (χ4n) is 0.609. The van der Waals surface area contributed by atoms with Crippen molar-refractivity contribution in [3.8, 4) is 0 Å². The number of carbonyl (C=O) groups is 1. The van der Waals surface area contributed by atoms with Gasteiger partial charge in [-0.25, -0.2) is 0 Å². The minimum atomic E-state index is -0.0309. The summed E-state index contributed by atoms with van der Waals surface area (Å²) < 4.78 is 0. The molecule has 66 valence electrons. The molecule has 0 bridgehead atoms. The van der Waals surface area contributed by atoms with Crippen LogP contribution in [0.5, 0.6) is 0 Å². The number of H-pyrrole nitrogens is 1. The third kappa shape index (κ3) is 2.95. The van der Waals surface area contributed by atoms with Gasteiger partial charge >= 0.3 is 0 Å². The number of halogens is 1. The van der Waals surface area contributed by atoms with Crippen LogP contribution < -0.4 is 5.32 Å². The van der Waals surface area contributed by atoms with Crippen LogP contribution in [-0.2, 0) is 11.3 Å². The van der Waals surface area contributed by atoms with Gasteiger partial charge in [-0.1, -0.05) is 21.1 Å². The summed E-state index contributed by atoms with van der Waals surface area (Å²) in [6, 6.07) is 0. The Morgan fingerprint density at radius 1 is 1.67 bits per heavy atom. The third-order valence-corrected chi connectivity index (χ3v) is 1.55. The topological polar surface area (TPSA) is 83.6 Å². The molecule has 0 aliphatic rings. The summed E-state index contributed by atoms with van der Waals surface area (Å²) in [4.78, 5) is 10.9. The first-order valence-corrected chi connectivity index (χ1v) is 4.50. The second-order valence-electron chi connectivity index (χ2n) is 2.04. The van der Waals surface area contributed by atoms with Gasteiger partial charge in [0.25, 0.3) is 0 Å². The van der Waals surface area contributed by atoms with Crippen LogP contribution in [0.4, 0.5) is 0 Å². The monoisotopic (exact) mass is 233 g/mol. The van der Waals surface area contributed by atoms with E-state index >= 15 is 0 Å². The molecule has 6 nitrogen and oxygen atoms in total. The van der Waals surface area contributed by atoms with Gasteiger partial charge in [-0.2, -0.15) is 5.21 Å². The summed E-state index contributed by atoms with van der Waals surface area (Å²) in [5.74, 6) is 0.453. The van der Waals surface area contributed by atoms with E-state index in [2.05, 4.69) is 41.9 Å². The van der Waals surface area contributed by atoms with Crippen LogP contribution >= 0.6 is 15.9 Å². The maximum Gasteiger partial charge on any atom is 0.221 e. The average Bonchev–Trinajstić information content (AvgIpc) is 2.53. The standard InChI is InChI=1S/C5H8BrN5O/c6-2-1-5(12)7-3-4-8-10-11-9-4/h1-3H2,(H,7,12)(H,8,9,10,11). The van der Waals surface area contributed by atoms with Crippen molar-refractivity contribution in [3.63, 3.8) is 0 Å². The molecule has 0 saturated heterocycles. The number of amides is 1. The number of carbonyl (C=O) groups excluding carboxylic acids is 1. The van der Waals surface area contributed by atoms with Gasteiger partial charge < -0.3 is 5.32 Å². The highest BCUT2D eigenvalue weighted by molar-refractivity contribution is 9.09.